The molecule has 216 valence electrons. The van der Waals surface area contributed by atoms with Gasteiger partial charge in [-0.2, -0.15) is 0 Å². The number of ether oxygens (including phenoxy) is 1. The van der Waals surface area contributed by atoms with Gasteiger partial charge in [0, 0.05) is 6.54 Å². The number of nitrogens with zero attached hydrogens (tertiary/aromatic N) is 2. The van der Waals surface area contributed by atoms with Gasteiger partial charge in [-0.3, -0.25) is 13.9 Å². The molecule has 2 N–H and O–H groups in total. The molecule has 1 aliphatic heterocycles. The van der Waals surface area contributed by atoms with E-state index in [4.69, 9.17) is 14.9 Å². The fourth-order valence-electron chi connectivity index (χ4n) is 4.80. The van der Waals surface area contributed by atoms with E-state index in [2.05, 4.69) is 24.8 Å². The van der Waals surface area contributed by atoms with Gasteiger partial charge >= 0.3 is 11.9 Å². The molecular formula is C29H42N2O7S. The molecule has 0 saturated carbocycles. The van der Waals surface area contributed by atoms with E-state index in [1.807, 2.05) is 45.0 Å². The summed E-state index contributed by atoms with van der Waals surface area (Å²) in [7, 11) is -3.68. The molecule has 10 heteroatoms. The number of anilines is 1. The van der Waals surface area contributed by atoms with E-state index in [-0.39, 0.29) is 12.8 Å². The van der Waals surface area contributed by atoms with Gasteiger partial charge < -0.3 is 19.8 Å². The van der Waals surface area contributed by atoms with E-state index in [1.54, 1.807) is 0 Å². The lowest BCUT2D eigenvalue weighted by Crippen LogP contribution is -2.38. The molecule has 0 aliphatic carbocycles. The Morgan fingerprint density at radius 3 is 2.00 bits per heavy atom. The van der Waals surface area contributed by atoms with E-state index >= 15 is 0 Å². The van der Waals surface area contributed by atoms with Crippen LogP contribution in [-0.4, -0.2) is 68.3 Å². The number of rotatable bonds is 12. The number of benzene rings is 2. The van der Waals surface area contributed by atoms with Crippen LogP contribution in [0.5, 0.6) is 5.75 Å². The monoisotopic (exact) mass is 562 g/mol. The van der Waals surface area contributed by atoms with Crippen LogP contribution in [0.15, 0.2) is 35.2 Å². The van der Waals surface area contributed by atoms with Crippen molar-refractivity contribution in [2.45, 2.75) is 71.6 Å². The van der Waals surface area contributed by atoms with E-state index in [1.165, 1.54) is 4.31 Å². The molecule has 0 bridgehead atoms. The number of carboxylic acids is 2. The maximum atomic E-state index is 13.7. The summed E-state index contributed by atoms with van der Waals surface area (Å²) in [5.41, 5.74) is 4.44. The van der Waals surface area contributed by atoms with Gasteiger partial charge in [-0.05, 0) is 81.9 Å². The molecule has 0 fully saturated rings. The standard InChI is InChI=1S/C25H36N2O3S.C4H6O4/c1-6-11-26(12-7-2)13-10-22-8-9-24-23(18-22)27(14-15-30-24)31(28,29)25-20(4)16-19(3)17-21(25)5;5-3(6)1-2-4(7)8/h8-9,16-18H,6-7,10-15H2,1-5H3;1-2H2,(H,5,6)(H,7,8). The van der Waals surface area contributed by atoms with Crippen LogP contribution in [0.3, 0.4) is 0 Å². The van der Waals surface area contributed by atoms with Gasteiger partial charge in [0.1, 0.15) is 12.4 Å². The van der Waals surface area contributed by atoms with Gasteiger partial charge in [0.25, 0.3) is 10.0 Å². The average Bonchev–Trinajstić information content (AvgIpc) is 2.85. The molecule has 39 heavy (non-hydrogen) atoms. The molecule has 0 amide bonds. The van der Waals surface area contributed by atoms with Crippen molar-refractivity contribution < 1.29 is 33.0 Å². The number of hydrogen-bond acceptors (Lipinski definition) is 6. The van der Waals surface area contributed by atoms with Crippen LogP contribution in [0.2, 0.25) is 0 Å². The molecule has 0 saturated heterocycles. The van der Waals surface area contributed by atoms with Crippen molar-refractivity contribution in [3.63, 3.8) is 0 Å². The minimum absolute atomic E-state index is 0.296. The topological polar surface area (TPSA) is 124 Å². The Hall–Kier alpha value is -3.11. The number of fused-ring (bicyclic) bond motifs is 1. The van der Waals surface area contributed by atoms with Gasteiger partial charge in [-0.25, -0.2) is 8.42 Å². The number of sulfonamides is 1. The summed E-state index contributed by atoms with van der Waals surface area (Å²) in [5, 5.41) is 15.8. The van der Waals surface area contributed by atoms with Crippen molar-refractivity contribution in [3.05, 3.63) is 52.6 Å². The Kier molecular flexibility index (Phi) is 12.3. The van der Waals surface area contributed by atoms with E-state index in [0.29, 0.717) is 29.5 Å². The zero-order valence-electron chi connectivity index (χ0n) is 23.7. The first-order chi connectivity index (χ1) is 18.4. The second-order valence-corrected chi connectivity index (χ2v) is 11.6. The first-order valence-electron chi connectivity index (χ1n) is 13.4. The fraction of sp³-hybridized carbons (Fsp3) is 0.517. The number of aliphatic carboxylic acids is 2. The van der Waals surface area contributed by atoms with Crippen molar-refractivity contribution in [2.75, 3.05) is 37.1 Å². The second-order valence-electron chi connectivity index (χ2n) is 9.83. The van der Waals surface area contributed by atoms with Crippen LogP contribution < -0.4 is 9.04 Å². The maximum absolute atomic E-state index is 13.7. The quantitative estimate of drug-likeness (QED) is 0.378. The average molecular weight is 563 g/mol. The van der Waals surface area contributed by atoms with Crippen molar-refractivity contribution in [1.29, 1.82) is 0 Å². The lowest BCUT2D eigenvalue weighted by Gasteiger charge is -2.32. The van der Waals surface area contributed by atoms with E-state index < -0.39 is 22.0 Å². The van der Waals surface area contributed by atoms with Gasteiger partial charge in [0.2, 0.25) is 0 Å². The molecule has 0 aromatic heterocycles. The Balaban J connectivity index is 0.000000580. The molecule has 0 spiro atoms. The van der Waals surface area contributed by atoms with Crippen LogP contribution in [0.1, 0.15) is 61.8 Å². The maximum Gasteiger partial charge on any atom is 0.303 e. The molecule has 0 unspecified atom stereocenters. The first kappa shape index (κ1) is 32.1. The Bertz CT molecular complexity index is 1200. The molecule has 3 rings (SSSR count). The van der Waals surface area contributed by atoms with Crippen LogP contribution >= 0.6 is 0 Å². The number of hydrogen-bond donors (Lipinski definition) is 2. The molecule has 0 atom stereocenters. The van der Waals surface area contributed by atoms with Crippen LogP contribution in [0.25, 0.3) is 0 Å². The zero-order valence-corrected chi connectivity index (χ0v) is 24.5. The molecule has 0 radical (unpaired) electrons. The lowest BCUT2D eigenvalue weighted by molar-refractivity contribution is -0.143. The van der Waals surface area contributed by atoms with Crippen LogP contribution in [-0.2, 0) is 26.0 Å². The summed E-state index contributed by atoms with van der Waals surface area (Å²) in [5.74, 6) is -1.51. The van der Waals surface area contributed by atoms with Crippen molar-refractivity contribution >= 4 is 27.6 Å². The third-order valence-electron chi connectivity index (χ3n) is 6.35. The summed E-state index contributed by atoms with van der Waals surface area (Å²) in [4.78, 5) is 22.2. The summed E-state index contributed by atoms with van der Waals surface area (Å²) in [6, 6.07) is 9.86. The zero-order chi connectivity index (χ0) is 29.2. The highest BCUT2D eigenvalue weighted by atomic mass is 32.2. The minimum Gasteiger partial charge on any atom is -0.489 e. The minimum atomic E-state index is -3.68. The van der Waals surface area contributed by atoms with Gasteiger partial charge in [0.15, 0.2) is 0 Å². The number of aryl methyl sites for hydroxylation is 3. The van der Waals surface area contributed by atoms with Crippen molar-refractivity contribution in [1.82, 2.24) is 4.90 Å². The molecular weight excluding hydrogens is 520 g/mol. The molecule has 2 aromatic carbocycles. The smallest absolute Gasteiger partial charge is 0.303 e. The first-order valence-corrected chi connectivity index (χ1v) is 14.9. The predicted molar refractivity (Wildman–Crippen MR) is 152 cm³/mol. The summed E-state index contributed by atoms with van der Waals surface area (Å²) in [6.07, 6.45) is 2.58. The van der Waals surface area contributed by atoms with Gasteiger partial charge in [-0.1, -0.05) is 37.6 Å². The Labute approximate surface area is 232 Å². The highest BCUT2D eigenvalue weighted by molar-refractivity contribution is 7.93. The second kappa shape index (κ2) is 14.9. The summed E-state index contributed by atoms with van der Waals surface area (Å²) < 4.78 is 34.8. The van der Waals surface area contributed by atoms with E-state index in [0.717, 1.165) is 61.2 Å². The van der Waals surface area contributed by atoms with Crippen molar-refractivity contribution in [3.8, 4) is 5.75 Å². The molecule has 1 heterocycles. The molecule has 1 aliphatic rings. The fourth-order valence-corrected chi connectivity index (χ4v) is 6.67. The lowest BCUT2D eigenvalue weighted by atomic mass is 10.1. The summed E-state index contributed by atoms with van der Waals surface area (Å²) in [6.45, 7) is 14.0. The summed E-state index contributed by atoms with van der Waals surface area (Å²) >= 11 is 0. The molecule has 2 aromatic rings. The van der Waals surface area contributed by atoms with E-state index in [9.17, 15) is 18.0 Å². The van der Waals surface area contributed by atoms with Gasteiger partial charge in [0.05, 0.1) is 30.0 Å². The van der Waals surface area contributed by atoms with Gasteiger partial charge in [-0.15, -0.1) is 0 Å². The number of carboxylic acid groups (broad SMARTS) is 2. The largest absolute Gasteiger partial charge is 0.489 e. The third-order valence-corrected chi connectivity index (χ3v) is 8.47. The number of carbonyl (C=O) groups is 2. The SMILES string of the molecule is CCCN(CCC)CCc1ccc2c(c1)N(S(=O)(=O)c1c(C)cc(C)cc1C)CCO2.O=C(O)CCC(=O)O. The van der Waals surface area contributed by atoms with Crippen LogP contribution in [0.4, 0.5) is 5.69 Å². The highest BCUT2D eigenvalue weighted by Gasteiger charge is 2.32. The Morgan fingerprint density at radius 2 is 1.49 bits per heavy atom. The van der Waals surface area contributed by atoms with Crippen LogP contribution in [0, 0.1) is 20.8 Å². The Morgan fingerprint density at radius 1 is 0.923 bits per heavy atom. The highest BCUT2D eigenvalue weighted by Crippen LogP contribution is 2.37. The van der Waals surface area contributed by atoms with Crippen molar-refractivity contribution in [2.24, 2.45) is 0 Å². The predicted octanol–water partition coefficient (Wildman–Crippen LogP) is 4.80. The molecule has 9 nitrogen and oxygen atoms in total. The third kappa shape index (κ3) is 9.25. The normalized spacial score (nSPS) is 12.8.